The highest BCUT2D eigenvalue weighted by molar-refractivity contribution is 5.85. The van der Waals surface area contributed by atoms with E-state index in [9.17, 15) is 20.3 Å². The lowest BCUT2D eigenvalue weighted by Gasteiger charge is -2.63. The van der Waals surface area contributed by atoms with Gasteiger partial charge in [0.05, 0.1) is 16.0 Å². The number of nitro benzene ring substituents is 1. The summed E-state index contributed by atoms with van der Waals surface area (Å²) < 4.78 is 0. The van der Waals surface area contributed by atoms with Crippen LogP contribution >= 0.6 is 12.4 Å². The van der Waals surface area contributed by atoms with E-state index in [-0.39, 0.29) is 29.9 Å². The number of halogens is 1. The number of pyridine rings is 1. The molecule has 2 aliphatic carbocycles. The number of phenols is 1. The van der Waals surface area contributed by atoms with Crippen molar-refractivity contribution in [2.45, 2.75) is 42.7 Å². The molecule has 0 spiro atoms. The van der Waals surface area contributed by atoms with Crippen LogP contribution in [0.25, 0.3) is 10.9 Å². The van der Waals surface area contributed by atoms with Gasteiger partial charge in [0.25, 0.3) is 5.69 Å². The first-order chi connectivity index (χ1) is 14.8. The fraction of sp³-hybridized carbons (Fsp3) is 0.375. The summed E-state index contributed by atoms with van der Waals surface area (Å²) in [4.78, 5) is 17.9. The number of hydrogen-bond donors (Lipinski definition) is 2. The molecular formula is C24H24ClN3O4. The molecule has 2 N–H and O–H groups in total. The van der Waals surface area contributed by atoms with Crippen molar-refractivity contribution in [3.8, 4) is 5.75 Å². The number of piperidine rings is 1. The van der Waals surface area contributed by atoms with E-state index in [1.807, 2.05) is 18.2 Å². The molecule has 2 bridgehead atoms. The van der Waals surface area contributed by atoms with Crippen molar-refractivity contribution >= 4 is 29.0 Å². The summed E-state index contributed by atoms with van der Waals surface area (Å²) in [7, 11) is 2.06. The fourth-order valence-electron chi connectivity index (χ4n) is 6.38. The molecular weight excluding hydrogens is 430 g/mol. The molecule has 166 valence electrons. The van der Waals surface area contributed by atoms with Crippen molar-refractivity contribution < 1.29 is 15.1 Å². The van der Waals surface area contributed by atoms with Crippen molar-refractivity contribution in [2.24, 2.45) is 0 Å². The van der Waals surface area contributed by atoms with Gasteiger partial charge in [-0.2, -0.15) is 0 Å². The smallest absolute Gasteiger partial charge is 0.270 e. The summed E-state index contributed by atoms with van der Waals surface area (Å²) in [6, 6.07) is 12.2. The van der Waals surface area contributed by atoms with Crippen molar-refractivity contribution in [2.75, 3.05) is 13.6 Å². The predicted octanol–water partition coefficient (Wildman–Crippen LogP) is 3.30. The van der Waals surface area contributed by atoms with Crippen LogP contribution in [0.3, 0.4) is 0 Å². The zero-order valence-electron chi connectivity index (χ0n) is 17.6. The van der Waals surface area contributed by atoms with Gasteiger partial charge in [0.15, 0.2) is 0 Å². The van der Waals surface area contributed by atoms with E-state index in [0.29, 0.717) is 12.8 Å². The average molecular weight is 454 g/mol. The summed E-state index contributed by atoms with van der Waals surface area (Å²) in [5.74, 6) is 0.220. The number of aromatic hydroxyl groups is 1. The normalized spacial score (nSPS) is 28.2. The van der Waals surface area contributed by atoms with Crippen LogP contribution in [0.2, 0.25) is 0 Å². The SMILES string of the molecule is CN1CC[C@]23Cc4nc5ccc([N+](=O)[O-])cc5cc4C[C@@]2(O)[C@H]1Cc1ccc(O)cc13.Cl. The number of aliphatic hydroxyl groups is 1. The summed E-state index contributed by atoms with van der Waals surface area (Å²) in [5.41, 5.74) is 3.37. The molecule has 0 amide bonds. The lowest BCUT2D eigenvalue weighted by atomic mass is 9.49. The van der Waals surface area contributed by atoms with Crippen LogP contribution in [0.15, 0.2) is 42.5 Å². The van der Waals surface area contributed by atoms with Gasteiger partial charge in [-0.05, 0) is 67.4 Å². The molecule has 2 heterocycles. The fourth-order valence-corrected chi connectivity index (χ4v) is 6.38. The Labute approximate surface area is 191 Å². The van der Waals surface area contributed by atoms with Gasteiger partial charge in [0, 0.05) is 47.5 Å². The second-order valence-corrected chi connectivity index (χ2v) is 9.38. The summed E-state index contributed by atoms with van der Waals surface area (Å²) in [6.07, 6.45) is 2.54. The second kappa shape index (κ2) is 6.88. The van der Waals surface area contributed by atoms with Gasteiger partial charge in [0.2, 0.25) is 0 Å². The van der Waals surface area contributed by atoms with E-state index in [2.05, 4.69) is 11.9 Å². The number of aromatic nitrogens is 1. The summed E-state index contributed by atoms with van der Waals surface area (Å²) >= 11 is 0. The van der Waals surface area contributed by atoms with Gasteiger partial charge in [-0.25, -0.2) is 0 Å². The van der Waals surface area contributed by atoms with Crippen molar-refractivity contribution in [1.29, 1.82) is 0 Å². The number of fused-ring (bicyclic) bond motifs is 3. The first kappa shape index (κ1) is 21.1. The molecule has 3 aromatic rings. The average Bonchev–Trinajstić information content (AvgIpc) is 2.73. The number of nitrogens with zero attached hydrogens (tertiary/aromatic N) is 3. The molecule has 1 fully saturated rings. The number of non-ortho nitro benzene ring substituents is 1. The van der Waals surface area contributed by atoms with E-state index in [4.69, 9.17) is 4.98 Å². The topological polar surface area (TPSA) is 99.7 Å². The number of rotatable bonds is 1. The monoisotopic (exact) mass is 453 g/mol. The predicted molar refractivity (Wildman–Crippen MR) is 123 cm³/mol. The zero-order valence-corrected chi connectivity index (χ0v) is 18.4. The lowest BCUT2D eigenvalue weighted by molar-refractivity contribution is -0.384. The molecule has 2 aromatic carbocycles. The molecule has 8 heteroatoms. The number of phenolic OH excluding ortho intramolecular Hbond substituents is 1. The zero-order chi connectivity index (χ0) is 21.5. The van der Waals surface area contributed by atoms with Crippen LogP contribution < -0.4 is 0 Å². The van der Waals surface area contributed by atoms with Crippen molar-refractivity contribution in [3.05, 3.63) is 75.0 Å². The van der Waals surface area contributed by atoms with Crippen LogP contribution in [0.4, 0.5) is 5.69 Å². The van der Waals surface area contributed by atoms with Crippen molar-refractivity contribution in [1.82, 2.24) is 9.88 Å². The maximum atomic E-state index is 12.3. The molecule has 3 aliphatic rings. The molecule has 6 rings (SSSR count). The van der Waals surface area contributed by atoms with Gasteiger partial charge in [-0.1, -0.05) is 6.07 Å². The lowest BCUT2D eigenvalue weighted by Crippen LogP contribution is -2.73. The molecule has 7 nitrogen and oxygen atoms in total. The van der Waals surface area contributed by atoms with E-state index in [0.717, 1.165) is 47.1 Å². The molecule has 1 aromatic heterocycles. The molecule has 0 saturated carbocycles. The van der Waals surface area contributed by atoms with Crippen molar-refractivity contribution in [3.63, 3.8) is 0 Å². The molecule has 0 radical (unpaired) electrons. The minimum atomic E-state index is -0.996. The van der Waals surface area contributed by atoms with Crippen LogP contribution in [0.5, 0.6) is 5.75 Å². The Bertz CT molecular complexity index is 1280. The first-order valence-corrected chi connectivity index (χ1v) is 10.6. The number of hydrogen-bond acceptors (Lipinski definition) is 6. The maximum absolute atomic E-state index is 12.3. The Morgan fingerprint density at radius 2 is 1.97 bits per heavy atom. The van der Waals surface area contributed by atoms with Gasteiger partial charge in [-0.3, -0.25) is 15.1 Å². The largest absolute Gasteiger partial charge is 0.508 e. The van der Waals surface area contributed by atoms with Gasteiger partial charge in [-0.15, -0.1) is 12.4 Å². The van der Waals surface area contributed by atoms with Gasteiger partial charge >= 0.3 is 0 Å². The van der Waals surface area contributed by atoms with Crippen LogP contribution in [0.1, 0.15) is 28.8 Å². The minimum absolute atomic E-state index is 0. The summed E-state index contributed by atoms with van der Waals surface area (Å²) in [6.45, 7) is 0.872. The Balaban J connectivity index is 0.00000216. The van der Waals surface area contributed by atoms with E-state index >= 15 is 0 Å². The van der Waals surface area contributed by atoms with Crippen LogP contribution in [-0.4, -0.2) is 50.3 Å². The second-order valence-electron chi connectivity index (χ2n) is 9.38. The molecule has 1 aliphatic heterocycles. The van der Waals surface area contributed by atoms with Gasteiger partial charge in [0.1, 0.15) is 5.75 Å². The van der Waals surface area contributed by atoms with Crippen LogP contribution in [0, 0.1) is 10.1 Å². The molecule has 1 saturated heterocycles. The Morgan fingerprint density at radius 3 is 2.75 bits per heavy atom. The quantitative estimate of drug-likeness (QED) is 0.433. The summed E-state index contributed by atoms with van der Waals surface area (Å²) in [5, 5.41) is 34.5. The third-order valence-electron chi connectivity index (χ3n) is 7.93. The van der Waals surface area contributed by atoms with Gasteiger partial charge < -0.3 is 15.1 Å². The molecule has 32 heavy (non-hydrogen) atoms. The number of likely N-dealkylation sites (tertiary alicyclic amines) is 1. The Kier molecular flexibility index (Phi) is 4.54. The van der Waals surface area contributed by atoms with E-state index < -0.39 is 15.9 Å². The van der Waals surface area contributed by atoms with E-state index in [1.54, 1.807) is 18.2 Å². The van der Waals surface area contributed by atoms with E-state index in [1.165, 1.54) is 11.6 Å². The third kappa shape index (κ3) is 2.65. The number of benzene rings is 2. The third-order valence-corrected chi connectivity index (χ3v) is 7.93. The molecule has 0 unspecified atom stereocenters. The number of nitro groups is 1. The highest BCUT2D eigenvalue weighted by atomic mass is 35.5. The highest BCUT2D eigenvalue weighted by Gasteiger charge is 2.64. The maximum Gasteiger partial charge on any atom is 0.270 e. The Hall–Kier alpha value is -2.74. The molecule has 3 atom stereocenters. The number of likely N-dealkylation sites (N-methyl/N-ethyl adjacent to an activating group) is 1. The first-order valence-electron chi connectivity index (χ1n) is 10.6. The van der Waals surface area contributed by atoms with Crippen LogP contribution in [-0.2, 0) is 24.7 Å². The highest BCUT2D eigenvalue weighted by Crippen LogP contribution is 2.57. The standard InChI is InChI=1S/C24H23N3O4.ClH/c1-26-7-6-23-13-21-16(8-15-9-17(27(30)31)3-5-20(15)25-21)12-24(23,29)22(26)10-14-2-4-18(28)11-19(14)23;/h2-5,8-9,11,22,28-29H,6-7,10,12-13H2,1H3;1H/t22-,23-,24-;/m1./s1. The Morgan fingerprint density at radius 1 is 1.16 bits per heavy atom. The minimum Gasteiger partial charge on any atom is -0.508 e.